The molecule has 0 radical (unpaired) electrons. The minimum Gasteiger partial charge on any atom is -0.369 e. The van der Waals surface area contributed by atoms with Crippen LogP contribution in [0.2, 0.25) is 0 Å². The molecule has 0 unspecified atom stereocenters. The lowest BCUT2D eigenvalue weighted by atomic mass is 10.4. The standard InChI is InChI=1S/C14H22O4.C9H15N/c1-5-9-15-13-14(16-10-6-2,17-11-7-3)18-12-8-4;1-4-7-10(8-5-2)9-6-3/h5-8H,1-4,9-13H2;4-6H,1-3,7-9H2. The van der Waals surface area contributed by atoms with E-state index in [0.29, 0.717) is 6.61 Å². The Bertz CT molecular complexity index is 404. The van der Waals surface area contributed by atoms with Crippen molar-refractivity contribution in [3.63, 3.8) is 0 Å². The lowest BCUT2D eigenvalue weighted by Crippen LogP contribution is -2.44. The first-order valence-electron chi connectivity index (χ1n) is 9.07. The quantitative estimate of drug-likeness (QED) is 0.187. The maximum Gasteiger partial charge on any atom is 0.308 e. The molecule has 0 saturated carbocycles. The van der Waals surface area contributed by atoms with E-state index in [1.807, 2.05) is 18.2 Å². The maximum atomic E-state index is 5.51. The first-order chi connectivity index (χ1) is 13.6. The van der Waals surface area contributed by atoms with Crippen LogP contribution in [0.3, 0.4) is 0 Å². The van der Waals surface area contributed by atoms with E-state index < -0.39 is 5.97 Å². The number of nitrogens with zero attached hydrogens (tertiary/aromatic N) is 1. The van der Waals surface area contributed by atoms with Crippen LogP contribution in [0, 0.1) is 0 Å². The van der Waals surface area contributed by atoms with Crippen molar-refractivity contribution in [3.05, 3.63) is 88.6 Å². The summed E-state index contributed by atoms with van der Waals surface area (Å²) >= 11 is 0. The van der Waals surface area contributed by atoms with Gasteiger partial charge < -0.3 is 18.9 Å². The second-order valence-electron chi connectivity index (χ2n) is 5.37. The summed E-state index contributed by atoms with van der Waals surface area (Å²) < 4.78 is 21.9. The highest BCUT2D eigenvalue weighted by Crippen LogP contribution is 2.17. The van der Waals surface area contributed by atoms with Crippen LogP contribution in [0.4, 0.5) is 0 Å². The summed E-state index contributed by atoms with van der Waals surface area (Å²) in [7, 11) is 0. The van der Waals surface area contributed by atoms with Crippen molar-refractivity contribution < 1.29 is 18.9 Å². The lowest BCUT2D eigenvalue weighted by molar-refractivity contribution is -0.384. The Morgan fingerprint density at radius 1 is 0.536 bits per heavy atom. The van der Waals surface area contributed by atoms with Crippen molar-refractivity contribution in [2.24, 2.45) is 0 Å². The predicted molar refractivity (Wildman–Crippen MR) is 119 cm³/mol. The van der Waals surface area contributed by atoms with Crippen molar-refractivity contribution in [1.29, 1.82) is 0 Å². The van der Waals surface area contributed by atoms with Crippen molar-refractivity contribution in [2.75, 3.05) is 52.7 Å². The molecule has 0 atom stereocenters. The zero-order valence-corrected chi connectivity index (χ0v) is 17.2. The minimum absolute atomic E-state index is 0.120. The summed E-state index contributed by atoms with van der Waals surface area (Å²) in [5, 5.41) is 0. The van der Waals surface area contributed by atoms with E-state index in [1.54, 1.807) is 24.3 Å². The molecule has 0 saturated heterocycles. The molecule has 0 heterocycles. The van der Waals surface area contributed by atoms with Gasteiger partial charge in [-0.25, -0.2) is 0 Å². The lowest BCUT2D eigenvalue weighted by Gasteiger charge is -2.31. The van der Waals surface area contributed by atoms with Crippen molar-refractivity contribution in [2.45, 2.75) is 5.97 Å². The van der Waals surface area contributed by atoms with Crippen LogP contribution in [-0.4, -0.2) is 63.5 Å². The summed E-state index contributed by atoms with van der Waals surface area (Å²) in [6.07, 6.45) is 12.1. The molecule has 28 heavy (non-hydrogen) atoms. The molecular weight excluding hydrogens is 354 g/mol. The molecule has 0 aromatic carbocycles. The fraction of sp³-hybridized carbons (Fsp3) is 0.391. The van der Waals surface area contributed by atoms with Gasteiger partial charge in [-0.3, -0.25) is 4.90 Å². The van der Waals surface area contributed by atoms with Crippen LogP contribution >= 0.6 is 0 Å². The molecule has 0 aliphatic carbocycles. The molecule has 0 amide bonds. The first kappa shape index (κ1) is 28.2. The van der Waals surface area contributed by atoms with E-state index in [-0.39, 0.29) is 26.4 Å². The Hall–Kier alpha value is -2.02. The van der Waals surface area contributed by atoms with E-state index in [9.17, 15) is 0 Å². The Balaban J connectivity index is 0. The summed E-state index contributed by atoms with van der Waals surface area (Å²) in [6.45, 7) is 29.4. The predicted octanol–water partition coefficient (Wildman–Crippen LogP) is 4.30. The Kier molecular flexibility index (Phi) is 21.4. The molecule has 0 aromatic heterocycles. The van der Waals surface area contributed by atoms with Crippen LogP contribution in [0.5, 0.6) is 0 Å². The van der Waals surface area contributed by atoms with Crippen LogP contribution < -0.4 is 0 Å². The third kappa shape index (κ3) is 16.2. The summed E-state index contributed by atoms with van der Waals surface area (Å²) in [4.78, 5) is 2.19. The van der Waals surface area contributed by atoms with Gasteiger partial charge >= 0.3 is 5.97 Å². The van der Waals surface area contributed by atoms with Crippen LogP contribution in [0.1, 0.15) is 0 Å². The maximum absolute atomic E-state index is 5.51. The second kappa shape index (κ2) is 21.3. The first-order valence-corrected chi connectivity index (χ1v) is 9.07. The third-order valence-corrected chi connectivity index (χ3v) is 2.94. The van der Waals surface area contributed by atoms with E-state index in [0.717, 1.165) is 19.6 Å². The van der Waals surface area contributed by atoms with Gasteiger partial charge in [0.1, 0.15) is 6.61 Å². The smallest absolute Gasteiger partial charge is 0.308 e. The molecule has 0 bridgehead atoms. The highest BCUT2D eigenvalue weighted by molar-refractivity contribution is 4.84. The summed E-state index contributed by atoms with van der Waals surface area (Å²) in [5.74, 6) is -1.28. The molecule has 0 N–H and O–H groups in total. The zero-order chi connectivity index (χ0) is 21.5. The van der Waals surface area contributed by atoms with E-state index >= 15 is 0 Å². The highest BCUT2D eigenvalue weighted by Gasteiger charge is 2.33. The van der Waals surface area contributed by atoms with Gasteiger partial charge in [-0.15, -0.1) is 46.1 Å². The number of hydrogen-bond donors (Lipinski definition) is 0. The number of ether oxygens (including phenoxy) is 4. The Labute approximate surface area is 171 Å². The van der Waals surface area contributed by atoms with E-state index in [4.69, 9.17) is 18.9 Å². The molecule has 0 spiro atoms. The van der Waals surface area contributed by atoms with Crippen molar-refractivity contribution >= 4 is 0 Å². The Morgan fingerprint density at radius 2 is 0.893 bits per heavy atom. The summed E-state index contributed by atoms with van der Waals surface area (Å²) in [5.41, 5.74) is 0. The molecule has 0 aliphatic rings. The van der Waals surface area contributed by atoms with Crippen molar-refractivity contribution in [3.8, 4) is 0 Å². The van der Waals surface area contributed by atoms with Gasteiger partial charge in [0.25, 0.3) is 0 Å². The van der Waals surface area contributed by atoms with Crippen LogP contribution in [0.25, 0.3) is 0 Å². The van der Waals surface area contributed by atoms with Crippen LogP contribution in [0.15, 0.2) is 88.6 Å². The average Bonchev–Trinajstić information content (AvgIpc) is 2.70. The molecule has 158 valence electrons. The second-order valence-corrected chi connectivity index (χ2v) is 5.37. The number of hydrogen-bond acceptors (Lipinski definition) is 5. The molecule has 0 aliphatic heterocycles. The minimum atomic E-state index is -1.28. The van der Waals surface area contributed by atoms with Gasteiger partial charge in [-0.2, -0.15) is 0 Å². The summed E-state index contributed by atoms with van der Waals surface area (Å²) in [6, 6.07) is 0. The van der Waals surface area contributed by atoms with Gasteiger partial charge in [-0.05, 0) is 0 Å². The van der Waals surface area contributed by atoms with E-state index in [1.165, 1.54) is 0 Å². The SMILES string of the molecule is C=CCN(CC=C)CC=C.C=CCOCC(OCC=C)(OCC=C)OCC=C. The third-order valence-electron chi connectivity index (χ3n) is 2.94. The number of rotatable bonds is 19. The molecular formula is C23H37NO4. The molecule has 5 heteroatoms. The largest absolute Gasteiger partial charge is 0.369 e. The topological polar surface area (TPSA) is 40.2 Å². The molecule has 5 nitrogen and oxygen atoms in total. The van der Waals surface area contributed by atoms with Gasteiger partial charge in [-0.1, -0.05) is 42.5 Å². The van der Waals surface area contributed by atoms with E-state index in [2.05, 4.69) is 51.0 Å². The van der Waals surface area contributed by atoms with Gasteiger partial charge in [0.05, 0.1) is 26.4 Å². The zero-order valence-electron chi connectivity index (χ0n) is 17.2. The van der Waals surface area contributed by atoms with Gasteiger partial charge in [0, 0.05) is 19.6 Å². The monoisotopic (exact) mass is 391 g/mol. The van der Waals surface area contributed by atoms with Crippen LogP contribution in [-0.2, 0) is 18.9 Å². The van der Waals surface area contributed by atoms with Gasteiger partial charge in [0.2, 0.25) is 0 Å². The fourth-order valence-electron chi connectivity index (χ4n) is 1.85. The fourth-order valence-corrected chi connectivity index (χ4v) is 1.85. The molecule has 0 fully saturated rings. The Morgan fingerprint density at radius 3 is 1.18 bits per heavy atom. The van der Waals surface area contributed by atoms with Gasteiger partial charge in [0.15, 0.2) is 0 Å². The normalized spacial score (nSPS) is 10.3. The molecule has 0 rings (SSSR count). The highest BCUT2D eigenvalue weighted by atomic mass is 16.9. The molecule has 0 aromatic rings. The van der Waals surface area contributed by atoms with Crippen molar-refractivity contribution in [1.82, 2.24) is 4.90 Å². The average molecular weight is 392 g/mol.